The number of thiol groups is 1. The van der Waals surface area contributed by atoms with Gasteiger partial charge in [-0.05, 0) is 6.92 Å². The Kier molecular flexibility index (Phi) is 2.78. The summed E-state index contributed by atoms with van der Waals surface area (Å²) < 4.78 is 2.09. The van der Waals surface area contributed by atoms with E-state index in [1.54, 1.807) is 6.92 Å². The van der Waals surface area contributed by atoms with Crippen molar-refractivity contribution in [3.8, 4) is 0 Å². The van der Waals surface area contributed by atoms with E-state index in [9.17, 15) is 4.79 Å². The standard InChI is InChI=1S/C3H8N2OS/c1-2(4)3(6)5-7/h2,7H,4H2,1H3,(H,5,6). The predicted molar refractivity (Wildman–Crippen MR) is 30.8 cm³/mol. The van der Waals surface area contributed by atoms with Crippen molar-refractivity contribution in [1.29, 1.82) is 0 Å². The van der Waals surface area contributed by atoms with E-state index in [4.69, 9.17) is 5.73 Å². The zero-order valence-electron chi connectivity index (χ0n) is 4.01. The Hall–Kier alpha value is -0.220. The third kappa shape index (κ3) is 2.47. The second-order valence-corrected chi connectivity index (χ2v) is 1.49. The Morgan fingerprint density at radius 3 is 2.43 bits per heavy atom. The first-order chi connectivity index (χ1) is 3.18. The summed E-state index contributed by atoms with van der Waals surface area (Å²) in [5.41, 5.74) is 5.09. The van der Waals surface area contributed by atoms with Crippen molar-refractivity contribution in [2.24, 2.45) is 5.73 Å². The van der Waals surface area contributed by atoms with E-state index in [2.05, 4.69) is 17.5 Å². The molecule has 1 unspecified atom stereocenters. The van der Waals surface area contributed by atoms with Crippen LogP contribution >= 0.6 is 12.8 Å². The second-order valence-electron chi connectivity index (χ2n) is 1.26. The van der Waals surface area contributed by atoms with E-state index in [1.807, 2.05) is 0 Å². The Balaban J connectivity index is 3.35. The minimum atomic E-state index is -0.461. The van der Waals surface area contributed by atoms with Gasteiger partial charge < -0.3 is 10.5 Å². The van der Waals surface area contributed by atoms with Crippen molar-refractivity contribution in [2.45, 2.75) is 13.0 Å². The van der Waals surface area contributed by atoms with Crippen LogP contribution in [0.5, 0.6) is 0 Å². The van der Waals surface area contributed by atoms with E-state index in [-0.39, 0.29) is 5.91 Å². The molecule has 0 radical (unpaired) electrons. The summed E-state index contributed by atoms with van der Waals surface area (Å²) >= 11 is 3.48. The van der Waals surface area contributed by atoms with E-state index < -0.39 is 6.04 Å². The normalized spacial score (nSPS) is 13.0. The Morgan fingerprint density at radius 2 is 2.43 bits per heavy atom. The van der Waals surface area contributed by atoms with Gasteiger partial charge in [0.15, 0.2) is 0 Å². The monoisotopic (exact) mass is 120 g/mol. The van der Waals surface area contributed by atoms with E-state index in [0.717, 1.165) is 0 Å². The molecule has 0 aliphatic heterocycles. The molecule has 0 aliphatic carbocycles. The number of rotatable bonds is 1. The number of carbonyl (C=O) groups is 1. The highest BCUT2D eigenvalue weighted by atomic mass is 32.1. The molecule has 0 aromatic heterocycles. The number of hydrogen-bond donors (Lipinski definition) is 3. The lowest BCUT2D eigenvalue weighted by Gasteiger charge is -1.98. The van der Waals surface area contributed by atoms with Crippen molar-refractivity contribution in [3.63, 3.8) is 0 Å². The molecule has 7 heavy (non-hydrogen) atoms. The summed E-state index contributed by atoms with van der Waals surface area (Å²) in [6.07, 6.45) is 0. The first-order valence-electron chi connectivity index (χ1n) is 1.88. The number of carbonyl (C=O) groups excluding carboxylic acids is 1. The third-order valence-electron chi connectivity index (χ3n) is 0.524. The summed E-state index contributed by atoms with van der Waals surface area (Å²) in [6.45, 7) is 1.59. The van der Waals surface area contributed by atoms with Gasteiger partial charge in [-0.1, -0.05) is 12.8 Å². The van der Waals surface area contributed by atoms with Crippen LogP contribution in [0.25, 0.3) is 0 Å². The van der Waals surface area contributed by atoms with Crippen LogP contribution in [0, 0.1) is 0 Å². The molecule has 1 amide bonds. The summed E-state index contributed by atoms with van der Waals surface area (Å²) in [5.74, 6) is -0.261. The first-order valence-corrected chi connectivity index (χ1v) is 2.32. The van der Waals surface area contributed by atoms with Crippen LogP contribution in [-0.2, 0) is 4.79 Å². The molecule has 0 spiro atoms. The first kappa shape index (κ1) is 6.78. The van der Waals surface area contributed by atoms with Crippen molar-refractivity contribution >= 4 is 18.7 Å². The Bertz CT molecular complexity index is 73.3. The lowest BCUT2D eigenvalue weighted by atomic mass is 10.4. The SMILES string of the molecule is CC(N)C(=O)NS. The summed E-state index contributed by atoms with van der Waals surface area (Å²) in [4.78, 5) is 10.2. The van der Waals surface area contributed by atoms with E-state index >= 15 is 0 Å². The zero-order chi connectivity index (χ0) is 5.86. The van der Waals surface area contributed by atoms with Crippen LogP contribution in [0.4, 0.5) is 0 Å². The Labute approximate surface area is 47.8 Å². The average Bonchev–Trinajstić information content (AvgIpc) is 1.65. The maximum absolute atomic E-state index is 10.2. The molecule has 0 heterocycles. The molecule has 0 rings (SSSR count). The quantitative estimate of drug-likeness (QED) is 0.401. The van der Waals surface area contributed by atoms with Gasteiger partial charge in [-0.3, -0.25) is 4.79 Å². The molecule has 0 aromatic rings. The maximum Gasteiger partial charge on any atom is 0.246 e. The molecule has 4 heteroatoms. The molecule has 0 saturated carbocycles. The van der Waals surface area contributed by atoms with Gasteiger partial charge >= 0.3 is 0 Å². The molecule has 3 nitrogen and oxygen atoms in total. The predicted octanol–water partition coefficient (Wildman–Crippen LogP) is -0.705. The van der Waals surface area contributed by atoms with Crippen LogP contribution in [-0.4, -0.2) is 11.9 Å². The van der Waals surface area contributed by atoms with E-state index in [1.165, 1.54) is 0 Å². The summed E-state index contributed by atoms with van der Waals surface area (Å²) in [5, 5.41) is 0. The zero-order valence-corrected chi connectivity index (χ0v) is 4.90. The fraction of sp³-hybridized carbons (Fsp3) is 0.667. The van der Waals surface area contributed by atoms with Crippen molar-refractivity contribution in [3.05, 3.63) is 0 Å². The van der Waals surface area contributed by atoms with Gasteiger partial charge in [0, 0.05) is 0 Å². The minimum absolute atomic E-state index is 0.261. The van der Waals surface area contributed by atoms with Crippen LogP contribution < -0.4 is 10.5 Å². The molecule has 0 fully saturated rings. The van der Waals surface area contributed by atoms with Crippen LogP contribution in [0.15, 0.2) is 0 Å². The van der Waals surface area contributed by atoms with Gasteiger partial charge in [0.25, 0.3) is 0 Å². The van der Waals surface area contributed by atoms with Gasteiger partial charge in [0.2, 0.25) is 5.91 Å². The molecule has 1 atom stereocenters. The average molecular weight is 120 g/mol. The van der Waals surface area contributed by atoms with Crippen LogP contribution in [0.3, 0.4) is 0 Å². The lowest BCUT2D eigenvalue weighted by molar-refractivity contribution is -0.120. The summed E-state index contributed by atoms with van der Waals surface area (Å²) in [6, 6.07) is -0.461. The molecule has 3 N–H and O–H groups in total. The molecule has 0 aliphatic rings. The number of hydrogen-bond acceptors (Lipinski definition) is 3. The number of nitrogens with one attached hydrogen (secondary N) is 1. The van der Waals surface area contributed by atoms with Gasteiger partial charge in [0.1, 0.15) is 0 Å². The molecular weight excluding hydrogens is 112 g/mol. The largest absolute Gasteiger partial charge is 0.320 e. The van der Waals surface area contributed by atoms with Gasteiger partial charge in [-0.15, -0.1) is 0 Å². The van der Waals surface area contributed by atoms with Crippen LogP contribution in [0.2, 0.25) is 0 Å². The van der Waals surface area contributed by atoms with Gasteiger partial charge in [-0.2, -0.15) is 0 Å². The van der Waals surface area contributed by atoms with Crippen molar-refractivity contribution < 1.29 is 4.79 Å². The van der Waals surface area contributed by atoms with E-state index in [0.29, 0.717) is 0 Å². The Morgan fingerprint density at radius 1 is 2.00 bits per heavy atom. The third-order valence-corrected chi connectivity index (χ3v) is 0.744. The number of nitrogens with two attached hydrogens (primary N) is 1. The molecule has 0 bridgehead atoms. The topological polar surface area (TPSA) is 55.1 Å². The van der Waals surface area contributed by atoms with Crippen LogP contribution in [0.1, 0.15) is 6.92 Å². The second kappa shape index (κ2) is 2.87. The smallest absolute Gasteiger partial charge is 0.246 e. The minimum Gasteiger partial charge on any atom is -0.320 e. The highest BCUT2D eigenvalue weighted by molar-refractivity contribution is 7.78. The van der Waals surface area contributed by atoms with Crippen molar-refractivity contribution in [1.82, 2.24) is 4.72 Å². The molecule has 0 saturated heterocycles. The maximum atomic E-state index is 10.2. The highest BCUT2D eigenvalue weighted by Gasteiger charge is 2.01. The summed E-state index contributed by atoms with van der Waals surface area (Å²) in [7, 11) is 0. The fourth-order valence-corrected chi connectivity index (χ4v) is 0.305. The molecule has 0 aromatic carbocycles. The van der Waals surface area contributed by atoms with Crippen molar-refractivity contribution in [2.75, 3.05) is 0 Å². The molecule has 42 valence electrons. The highest BCUT2D eigenvalue weighted by Crippen LogP contribution is 1.73. The van der Waals surface area contributed by atoms with Gasteiger partial charge in [-0.25, -0.2) is 0 Å². The molecular formula is C3H8N2OS. The lowest BCUT2D eigenvalue weighted by Crippen LogP contribution is -2.33. The fourth-order valence-electron chi connectivity index (χ4n) is 0.102. The van der Waals surface area contributed by atoms with Gasteiger partial charge in [0.05, 0.1) is 6.04 Å². The number of amides is 1.